The van der Waals surface area contributed by atoms with Gasteiger partial charge >= 0.3 is 0 Å². The Kier molecular flexibility index (Phi) is 5.67. The number of carbonyl (C=O) groups is 2. The molecule has 152 valence electrons. The summed E-state index contributed by atoms with van der Waals surface area (Å²) < 4.78 is 2.90. The molecule has 1 N–H and O–H groups in total. The summed E-state index contributed by atoms with van der Waals surface area (Å²) in [4.78, 5) is 32.4. The van der Waals surface area contributed by atoms with E-state index in [4.69, 9.17) is 0 Å². The largest absolute Gasteiger partial charge is 0.341 e. The smallest absolute Gasteiger partial charge is 0.251 e. The molecule has 1 aliphatic rings. The van der Waals surface area contributed by atoms with Crippen LogP contribution in [0.5, 0.6) is 0 Å². The van der Waals surface area contributed by atoms with Gasteiger partial charge in [-0.25, -0.2) is 4.98 Å². The number of hydrogen-bond acceptors (Lipinski definition) is 4. The van der Waals surface area contributed by atoms with Gasteiger partial charge in [-0.15, -0.1) is 0 Å². The molecule has 1 aliphatic heterocycles. The lowest BCUT2D eigenvalue weighted by Gasteiger charge is -2.32. The van der Waals surface area contributed by atoms with Gasteiger partial charge in [0.25, 0.3) is 5.91 Å². The average molecular weight is 411 g/mol. The molecule has 3 aromatic rings. The fourth-order valence-corrected chi connectivity index (χ4v) is 4.65. The fraction of sp³-hybridized carbons (Fsp3) is 0.409. The summed E-state index contributed by atoms with van der Waals surface area (Å²) in [6.45, 7) is 5.52. The Labute approximate surface area is 174 Å². The molecule has 0 saturated carbocycles. The highest BCUT2D eigenvalue weighted by Gasteiger charge is 2.29. The second kappa shape index (κ2) is 8.37. The number of aromatic nitrogens is 2. The van der Waals surface area contributed by atoms with Gasteiger partial charge in [-0.3, -0.25) is 9.59 Å². The van der Waals surface area contributed by atoms with Crippen LogP contribution in [0.3, 0.4) is 0 Å². The number of carbonyl (C=O) groups excluding carboxylic acids is 2. The highest BCUT2D eigenvalue weighted by atomic mass is 32.1. The Morgan fingerprint density at radius 3 is 2.52 bits per heavy atom. The van der Waals surface area contributed by atoms with Crippen LogP contribution in [0.15, 0.2) is 42.7 Å². The van der Waals surface area contributed by atoms with Gasteiger partial charge in [0.05, 0.1) is 10.2 Å². The number of rotatable bonds is 5. The average Bonchev–Trinajstić information content (AvgIpc) is 3.40. The quantitative estimate of drug-likeness (QED) is 0.695. The molecule has 7 heteroatoms. The summed E-state index contributed by atoms with van der Waals surface area (Å²) in [6.07, 6.45) is 7.14. The number of fused-ring (bicyclic) bond motifs is 1. The molecular formula is C22H26N4O2S. The molecule has 29 heavy (non-hydrogen) atoms. The first kappa shape index (κ1) is 19.6. The molecule has 1 fully saturated rings. The van der Waals surface area contributed by atoms with Crippen LogP contribution in [-0.2, 0) is 4.79 Å². The highest BCUT2D eigenvalue weighted by Crippen LogP contribution is 2.26. The zero-order valence-corrected chi connectivity index (χ0v) is 17.6. The lowest BCUT2D eigenvalue weighted by Crippen LogP contribution is -2.52. The minimum atomic E-state index is -0.506. The normalized spacial score (nSPS) is 15.6. The zero-order valence-electron chi connectivity index (χ0n) is 16.8. The minimum absolute atomic E-state index is 0.0286. The van der Waals surface area contributed by atoms with Gasteiger partial charge in [0.15, 0.2) is 5.13 Å². The van der Waals surface area contributed by atoms with Crippen molar-refractivity contribution in [3.63, 3.8) is 0 Å². The maximum absolute atomic E-state index is 13.0. The Balaban J connectivity index is 1.52. The Morgan fingerprint density at radius 2 is 1.83 bits per heavy atom. The summed E-state index contributed by atoms with van der Waals surface area (Å²) in [5.74, 6) is -0.158. The van der Waals surface area contributed by atoms with Crippen molar-refractivity contribution in [3.8, 4) is 5.13 Å². The van der Waals surface area contributed by atoms with E-state index in [-0.39, 0.29) is 17.7 Å². The van der Waals surface area contributed by atoms with Gasteiger partial charge < -0.3 is 14.8 Å². The SMILES string of the molecule is CC(C)[C@@H](NC(=O)c1ccc2nc(-n3cccc3)sc2c1)C(=O)N1CCCCC1. The maximum Gasteiger partial charge on any atom is 0.251 e. The number of nitrogens with zero attached hydrogens (tertiary/aromatic N) is 3. The van der Waals surface area contributed by atoms with Crippen molar-refractivity contribution in [2.24, 2.45) is 5.92 Å². The van der Waals surface area contributed by atoms with Crippen LogP contribution in [-0.4, -0.2) is 45.4 Å². The fourth-order valence-electron chi connectivity index (χ4n) is 3.68. The van der Waals surface area contributed by atoms with Gasteiger partial charge in [-0.05, 0) is 55.5 Å². The van der Waals surface area contributed by atoms with E-state index in [1.807, 2.05) is 60.0 Å². The number of amides is 2. The number of likely N-dealkylation sites (tertiary alicyclic amines) is 1. The van der Waals surface area contributed by atoms with E-state index in [1.165, 1.54) is 17.8 Å². The van der Waals surface area contributed by atoms with E-state index >= 15 is 0 Å². The summed E-state index contributed by atoms with van der Waals surface area (Å²) in [5, 5.41) is 3.84. The van der Waals surface area contributed by atoms with Gasteiger partial charge in [0, 0.05) is 31.0 Å². The van der Waals surface area contributed by atoms with Crippen molar-refractivity contribution >= 4 is 33.4 Å². The Bertz CT molecular complexity index is 1000. The maximum atomic E-state index is 13.0. The van der Waals surface area contributed by atoms with Crippen molar-refractivity contribution in [1.82, 2.24) is 19.8 Å². The first-order valence-corrected chi connectivity index (χ1v) is 11.0. The van der Waals surface area contributed by atoms with Crippen molar-refractivity contribution in [2.75, 3.05) is 13.1 Å². The molecule has 2 aromatic heterocycles. The van der Waals surface area contributed by atoms with Crippen molar-refractivity contribution in [3.05, 3.63) is 48.3 Å². The van der Waals surface area contributed by atoms with E-state index in [0.717, 1.165) is 41.3 Å². The van der Waals surface area contributed by atoms with Crippen molar-refractivity contribution < 1.29 is 9.59 Å². The first-order valence-electron chi connectivity index (χ1n) is 10.2. The predicted molar refractivity (Wildman–Crippen MR) is 115 cm³/mol. The van der Waals surface area contributed by atoms with E-state index in [2.05, 4.69) is 10.3 Å². The van der Waals surface area contributed by atoms with Crippen LogP contribution < -0.4 is 5.32 Å². The number of thiazole rings is 1. The van der Waals surface area contributed by atoms with Crippen LogP contribution >= 0.6 is 11.3 Å². The van der Waals surface area contributed by atoms with Gasteiger partial charge in [-0.1, -0.05) is 25.2 Å². The summed E-state index contributed by atoms with van der Waals surface area (Å²) in [7, 11) is 0. The van der Waals surface area contributed by atoms with E-state index in [0.29, 0.717) is 5.56 Å². The van der Waals surface area contributed by atoms with Crippen LogP contribution in [0.4, 0.5) is 0 Å². The van der Waals surface area contributed by atoms with Gasteiger partial charge in [0.1, 0.15) is 6.04 Å². The molecule has 0 radical (unpaired) electrons. The second-order valence-corrected chi connectivity index (χ2v) is 8.86. The third-order valence-electron chi connectivity index (χ3n) is 5.35. The molecule has 1 aromatic carbocycles. The highest BCUT2D eigenvalue weighted by molar-refractivity contribution is 7.20. The summed E-state index contributed by atoms with van der Waals surface area (Å²) in [6, 6.07) is 8.91. The molecule has 1 saturated heterocycles. The van der Waals surface area contributed by atoms with Crippen LogP contribution in [0.25, 0.3) is 15.3 Å². The minimum Gasteiger partial charge on any atom is -0.341 e. The third kappa shape index (κ3) is 4.19. The lowest BCUT2D eigenvalue weighted by atomic mass is 10.0. The molecule has 0 spiro atoms. The predicted octanol–water partition coefficient (Wildman–Crippen LogP) is 3.85. The summed E-state index contributed by atoms with van der Waals surface area (Å²) in [5.41, 5.74) is 1.41. The molecule has 0 unspecified atom stereocenters. The Hall–Kier alpha value is -2.67. The molecule has 0 aliphatic carbocycles. The molecule has 1 atom stereocenters. The van der Waals surface area contributed by atoms with Gasteiger partial charge in [-0.2, -0.15) is 0 Å². The first-order chi connectivity index (χ1) is 14.0. The lowest BCUT2D eigenvalue weighted by molar-refractivity contribution is -0.135. The van der Waals surface area contributed by atoms with Crippen LogP contribution in [0.2, 0.25) is 0 Å². The van der Waals surface area contributed by atoms with Gasteiger partial charge in [0.2, 0.25) is 5.91 Å². The zero-order chi connectivity index (χ0) is 20.4. The number of piperidine rings is 1. The number of nitrogens with one attached hydrogen (secondary N) is 1. The van der Waals surface area contributed by atoms with Crippen molar-refractivity contribution in [2.45, 2.75) is 39.2 Å². The van der Waals surface area contributed by atoms with E-state index < -0.39 is 6.04 Å². The van der Waals surface area contributed by atoms with E-state index in [1.54, 1.807) is 6.07 Å². The molecule has 2 amide bonds. The molecule has 6 nitrogen and oxygen atoms in total. The second-order valence-electron chi connectivity index (χ2n) is 7.85. The number of benzene rings is 1. The van der Waals surface area contributed by atoms with Crippen molar-refractivity contribution in [1.29, 1.82) is 0 Å². The third-order valence-corrected chi connectivity index (χ3v) is 6.38. The standard InChI is InChI=1S/C22H26N4O2S/c1-15(2)19(21(28)25-10-4-3-5-11-25)24-20(27)16-8-9-17-18(14-16)29-22(23-17)26-12-6-7-13-26/h6-9,12-15,19H,3-5,10-11H2,1-2H3,(H,24,27)/t19-/m1/s1. The molecule has 0 bridgehead atoms. The molecular weight excluding hydrogens is 384 g/mol. The monoisotopic (exact) mass is 410 g/mol. The Morgan fingerprint density at radius 1 is 1.10 bits per heavy atom. The van der Waals surface area contributed by atoms with Crippen LogP contribution in [0, 0.1) is 5.92 Å². The van der Waals surface area contributed by atoms with E-state index in [9.17, 15) is 9.59 Å². The molecule has 3 heterocycles. The van der Waals surface area contributed by atoms with Crippen LogP contribution in [0.1, 0.15) is 43.5 Å². The summed E-state index contributed by atoms with van der Waals surface area (Å²) >= 11 is 1.54. The topological polar surface area (TPSA) is 67.2 Å². The number of hydrogen-bond donors (Lipinski definition) is 1. The molecule has 4 rings (SSSR count).